The number of nitrogens with zero attached hydrogens (tertiary/aromatic N) is 1. The fourth-order valence-corrected chi connectivity index (χ4v) is 4.06. The summed E-state index contributed by atoms with van der Waals surface area (Å²) in [5, 5.41) is 0.896. The zero-order valence-electron chi connectivity index (χ0n) is 16.0. The number of hydrogen-bond acceptors (Lipinski definition) is 4. The van der Waals surface area contributed by atoms with Crippen molar-refractivity contribution in [3.05, 3.63) is 68.5 Å². The standard InChI is InChI=1S/C22H21Cl2NO3S/c1-2-3-4-11-25-21(26)20(29-22(25)27)13-16-7-10-19(18(24)12-16)28-14-15-5-8-17(23)9-6-15/h5-10,12-13H,2-4,11,14H2,1H3/b20-13-. The van der Waals surface area contributed by atoms with E-state index in [2.05, 4.69) is 6.92 Å². The molecular weight excluding hydrogens is 429 g/mol. The molecule has 1 saturated heterocycles. The molecular formula is C22H21Cl2NO3S. The number of unbranched alkanes of at least 4 members (excludes halogenated alkanes) is 2. The Kier molecular flexibility index (Phi) is 7.64. The number of amides is 2. The lowest BCUT2D eigenvalue weighted by Crippen LogP contribution is -2.29. The minimum atomic E-state index is -0.240. The molecule has 29 heavy (non-hydrogen) atoms. The Morgan fingerprint density at radius 1 is 1.07 bits per heavy atom. The van der Waals surface area contributed by atoms with Crippen LogP contribution in [0.2, 0.25) is 10.0 Å². The highest BCUT2D eigenvalue weighted by molar-refractivity contribution is 8.18. The van der Waals surface area contributed by atoms with Gasteiger partial charge in [0.25, 0.3) is 11.1 Å². The molecule has 0 unspecified atom stereocenters. The highest BCUT2D eigenvalue weighted by Crippen LogP contribution is 2.34. The molecule has 3 rings (SSSR count). The van der Waals surface area contributed by atoms with E-state index in [9.17, 15) is 9.59 Å². The zero-order chi connectivity index (χ0) is 20.8. The Labute approximate surface area is 184 Å². The topological polar surface area (TPSA) is 46.6 Å². The predicted molar refractivity (Wildman–Crippen MR) is 119 cm³/mol. The lowest BCUT2D eigenvalue weighted by molar-refractivity contribution is -0.122. The van der Waals surface area contributed by atoms with E-state index in [1.54, 1.807) is 30.3 Å². The number of ether oxygens (including phenoxy) is 1. The maximum atomic E-state index is 12.5. The highest BCUT2D eigenvalue weighted by atomic mass is 35.5. The summed E-state index contributed by atoms with van der Waals surface area (Å²) in [6, 6.07) is 12.7. The molecule has 0 aromatic heterocycles. The van der Waals surface area contributed by atoms with Crippen molar-refractivity contribution in [1.82, 2.24) is 4.90 Å². The van der Waals surface area contributed by atoms with Gasteiger partial charge < -0.3 is 4.74 Å². The number of thioether (sulfide) groups is 1. The Morgan fingerprint density at radius 3 is 2.52 bits per heavy atom. The van der Waals surface area contributed by atoms with Crippen LogP contribution in [0.4, 0.5) is 4.79 Å². The van der Waals surface area contributed by atoms with E-state index in [1.807, 2.05) is 18.2 Å². The average molecular weight is 450 g/mol. The van der Waals surface area contributed by atoms with Gasteiger partial charge in [0.1, 0.15) is 12.4 Å². The van der Waals surface area contributed by atoms with E-state index in [-0.39, 0.29) is 11.1 Å². The van der Waals surface area contributed by atoms with E-state index in [0.29, 0.717) is 33.9 Å². The van der Waals surface area contributed by atoms with E-state index in [1.165, 1.54) is 4.90 Å². The van der Waals surface area contributed by atoms with E-state index >= 15 is 0 Å². The number of carbonyl (C=O) groups excluding carboxylic acids is 2. The van der Waals surface area contributed by atoms with Gasteiger partial charge in [-0.2, -0.15) is 0 Å². The number of hydrogen-bond donors (Lipinski definition) is 0. The maximum Gasteiger partial charge on any atom is 0.293 e. The van der Waals surface area contributed by atoms with Gasteiger partial charge in [0.05, 0.1) is 9.93 Å². The molecule has 2 aromatic rings. The second kappa shape index (κ2) is 10.2. The summed E-state index contributed by atoms with van der Waals surface area (Å²) in [4.78, 5) is 26.3. The third-order valence-corrected chi connectivity index (χ3v) is 5.87. The third-order valence-electron chi connectivity index (χ3n) is 4.42. The minimum Gasteiger partial charge on any atom is -0.487 e. The van der Waals surface area contributed by atoms with E-state index < -0.39 is 0 Å². The summed E-state index contributed by atoms with van der Waals surface area (Å²) < 4.78 is 5.77. The molecule has 1 fully saturated rings. The van der Waals surface area contributed by atoms with Crippen molar-refractivity contribution in [2.24, 2.45) is 0 Å². The number of imide groups is 1. The Balaban J connectivity index is 1.65. The summed E-state index contributed by atoms with van der Waals surface area (Å²) in [6.45, 7) is 2.92. The van der Waals surface area contributed by atoms with Crippen LogP contribution in [0, 0.1) is 0 Å². The first-order valence-electron chi connectivity index (χ1n) is 9.40. The van der Waals surface area contributed by atoms with Gasteiger partial charge >= 0.3 is 0 Å². The molecule has 0 saturated carbocycles. The molecule has 0 aliphatic carbocycles. The lowest BCUT2D eigenvalue weighted by atomic mass is 10.2. The summed E-state index contributed by atoms with van der Waals surface area (Å²) >= 11 is 13.2. The van der Waals surface area contributed by atoms with Crippen LogP contribution in [-0.2, 0) is 11.4 Å². The lowest BCUT2D eigenvalue weighted by Gasteiger charge is -2.11. The molecule has 0 radical (unpaired) electrons. The summed E-state index contributed by atoms with van der Waals surface area (Å²) in [6.07, 6.45) is 4.55. The quantitative estimate of drug-likeness (QED) is 0.328. The van der Waals surface area contributed by atoms with Crippen molar-refractivity contribution in [3.8, 4) is 5.75 Å². The van der Waals surface area contributed by atoms with Crippen molar-refractivity contribution in [1.29, 1.82) is 0 Å². The molecule has 1 aliphatic heterocycles. The van der Waals surface area contributed by atoms with Gasteiger partial charge in [-0.05, 0) is 59.7 Å². The van der Waals surface area contributed by atoms with Crippen LogP contribution in [0.25, 0.3) is 6.08 Å². The molecule has 4 nitrogen and oxygen atoms in total. The Morgan fingerprint density at radius 2 is 1.83 bits per heavy atom. The van der Waals surface area contributed by atoms with Crippen LogP contribution in [0.1, 0.15) is 37.3 Å². The molecule has 0 atom stereocenters. The van der Waals surface area contributed by atoms with Crippen molar-refractivity contribution < 1.29 is 14.3 Å². The Hall–Kier alpha value is -1.95. The molecule has 0 N–H and O–H groups in total. The number of rotatable bonds is 8. The first-order valence-corrected chi connectivity index (χ1v) is 11.0. The van der Waals surface area contributed by atoms with Crippen molar-refractivity contribution in [2.45, 2.75) is 32.8 Å². The van der Waals surface area contributed by atoms with Gasteiger partial charge in [-0.3, -0.25) is 14.5 Å². The smallest absolute Gasteiger partial charge is 0.293 e. The first-order chi connectivity index (χ1) is 14.0. The highest BCUT2D eigenvalue weighted by Gasteiger charge is 2.34. The van der Waals surface area contributed by atoms with Crippen LogP contribution in [0.15, 0.2) is 47.4 Å². The van der Waals surface area contributed by atoms with Crippen molar-refractivity contribution in [2.75, 3.05) is 6.54 Å². The molecule has 1 heterocycles. The van der Waals surface area contributed by atoms with Gasteiger partial charge in [-0.15, -0.1) is 0 Å². The average Bonchev–Trinajstić information content (AvgIpc) is 2.96. The minimum absolute atomic E-state index is 0.216. The van der Waals surface area contributed by atoms with Gasteiger partial charge in [0, 0.05) is 11.6 Å². The summed E-state index contributed by atoms with van der Waals surface area (Å²) in [5.74, 6) is 0.307. The second-order valence-electron chi connectivity index (χ2n) is 6.65. The van der Waals surface area contributed by atoms with E-state index in [4.69, 9.17) is 27.9 Å². The zero-order valence-corrected chi connectivity index (χ0v) is 18.3. The van der Waals surface area contributed by atoms with Gasteiger partial charge in [-0.25, -0.2) is 0 Å². The number of halogens is 2. The van der Waals surface area contributed by atoms with Crippen LogP contribution in [-0.4, -0.2) is 22.6 Å². The number of carbonyl (C=O) groups is 2. The largest absolute Gasteiger partial charge is 0.487 e. The van der Waals surface area contributed by atoms with Gasteiger partial charge in [0.15, 0.2) is 0 Å². The fraction of sp³-hybridized carbons (Fsp3) is 0.273. The summed E-state index contributed by atoms with van der Waals surface area (Å²) in [7, 11) is 0. The SMILES string of the molecule is CCCCCN1C(=O)S/C(=C\c2ccc(OCc3ccc(Cl)cc3)c(Cl)c2)C1=O. The molecule has 2 amide bonds. The second-order valence-corrected chi connectivity index (χ2v) is 8.48. The predicted octanol–water partition coefficient (Wildman–Crippen LogP) is 6.80. The molecule has 0 spiro atoms. The van der Waals surface area contributed by atoms with Crippen molar-refractivity contribution >= 4 is 52.2 Å². The van der Waals surface area contributed by atoms with E-state index in [0.717, 1.165) is 42.2 Å². The first kappa shape index (κ1) is 21.8. The molecule has 0 bridgehead atoms. The fourth-order valence-electron chi connectivity index (χ4n) is 2.83. The maximum absolute atomic E-state index is 12.5. The third kappa shape index (κ3) is 5.78. The normalized spacial score (nSPS) is 15.4. The molecule has 7 heteroatoms. The monoisotopic (exact) mass is 449 g/mol. The molecule has 2 aromatic carbocycles. The molecule has 152 valence electrons. The van der Waals surface area contributed by atoms with Crippen LogP contribution in [0.5, 0.6) is 5.75 Å². The van der Waals surface area contributed by atoms with Gasteiger partial charge in [-0.1, -0.05) is 61.2 Å². The summed E-state index contributed by atoms with van der Waals surface area (Å²) in [5.41, 5.74) is 1.72. The van der Waals surface area contributed by atoms with Gasteiger partial charge in [0.2, 0.25) is 0 Å². The number of benzene rings is 2. The van der Waals surface area contributed by atoms with Crippen LogP contribution in [0.3, 0.4) is 0 Å². The Bertz CT molecular complexity index is 928. The van der Waals surface area contributed by atoms with Crippen LogP contribution < -0.4 is 4.74 Å². The van der Waals surface area contributed by atoms with Crippen molar-refractivity contribution in [3.63, 3.8) is 0 Å². The van der Waals surface area contributed by atoms with Crippen LogP contribution >= 0.6 is 35.0 Å². The molecule has 1 aliphatic rings.